The summed E-state index contributed by atoms with van der Waals surface area (Å²) in [5.74, 6) is -0.759. The maximum Gasteiger partial charge on any atom is 0.271 e. The van der Waals surface area contributed by atoms with Gasteiger partial charge in [-0.1, -0.05) is 60.7 Å². The lowest BCUT2D eigenvalue weighted by Gasteiger charge is -2.18. The van der Waals surface area contributed by atoms with Crippen molar-refractivity contribution in [3.8, 4) is 5.75 Å². The molecule has 1 aliphatic carbocycles. The highest BCUT2D eigenvalue weighted by molar-refractivity contribution is 9.10. The number of phenols is 1. The molecule has 3 aromatic rings. The number of hydrogen-bond acceptors (Lipinski definition) is 5. The highest BCUT2D eigenvalue weighted by atomic mass is 79.9. The summed E-state index contributed by atoms with van der Waals surface area (Å²) >= 11 is 3.08. The Morgan fingerprint density at radius 2 is 1.71 bits per heavy atom. The molecule has 2 N–H and O–H groups in total. The number of benzene rings is 3. The monoisotopic (exact) mass is 479 g/mol. The Hall–Kier alpha value is -3.52. The second-order valence-electron chi connectivity index (χ2n) is 7.32. The van der Waals surface area contributed by atoms with Crippen molar-refractivity contribution in [1.82, 2.24) is 5.43 Å². The highest BCUT2D eigenvalue weighted by Gasteiger charge is 2.60. The van der Waals surface area contributed by atoms with Crippen molar-refractivity contribution in [2.45, 2.75) is 11.8 Å². The zero-order chi connectivity index (χ0) is 22.0. The summed E-state index contributed by atoms with van der Waals surface area (Å²) in [6.45, 7) is 0. The minimum atomic E-state index is -0.571. The average Bonchev–Trinajstić information content (AvgIpc) is 3.55. The fourth-order valence-corrected chi connectivity index (χ4v) is 4.37. The molecule has 1 atom stereocenters. The van der Waals surface area contributed by atoms with E-state index in [-0.39, 0.29) is 33.3 Å². The van der Waals surface area contributed by atoms with Gasteiger partial charge in [-0.15, -0.1) is 0 Å². The molecule has 1 aliphatic rings. The molecule has 0 aromatic heterocycles. The summed E-state index contributed by atoms with van der Waals surface area (Å²) in [7, 11) is 0. The van der Waals surface area contributed by atoms with Crippen LogP contribution in [0.5, 0.6) is 5.75 Å². The number of nitrogens with one attached hydrogen (secondary N) is 1. The minimum Gasteiger partial charge on any atom is -0.506 e. The predicted molar refractivity (Wildman–Crippen MR) is 120 cm³/mol. The fraction of sp³-hybridized carbons (Fsp3) is 0.130. The molecule has 0 radical (unpaired) electrons. The first-order chi connectivity index (χ1) is 14.9. The number of halogens is 1. The van der Waals surface area contributed by atoms with E-state index in [1.54, 1.807) is 0 Å². The Kier molecular flexibility index (Phi) is 5.56. The van der Waals surface area contributed by atoms with E-state index in [1.165, 1.54) is 18.3 Å². The quantitative estimate of drug-likeness (QED) is 0.308. The van der Waals surface area contributed by atoms with Gasteiger partial charge >= 0.3 is 0 Å². The van der Waals surface area contributed by atoms with Crippen molar-refractivity contribution >= 4 is 33.7 Å². The van der Waals surface area contributed by atoms with Gasteiger partial charge in [0.2, 0.25) is 5.91 Å². The van der Waals surface area contributed by atoms with Crippen LogP contribution in [0.1, 0.15) is 23.1 Å². The number of rotatable bonds is 6. The third-order valence-electron chi connectivity index (χ3n) is 5.52. The minimum absolute atomic E-state index is 0.120. The van der Waals surface area contributed by atoms with Gasteiger partial charge in [0.15, 0.2) is 0 Å². The topological polar surface area (TPSA) is 105 Å². The first-order valence-corrected chi connectivity index (χ1v) is 10.3. The van der Waals surface area contributed by atoms with Crippen molar-refractivity contribution < 1.29 is 14.8 Å². The zero-order valence-corrected chi connectivity index (χ0v) is 17.8. The maximum atomic E-state index is 12.9. The van der Waals surface area contributed by atoms with Crippen molar-refractivity contribution in [3.63, 3.8) is 0 Å². The third kappa shape index (κ3) is 3.94. The van der Waals surface area contributed by atoms with Gasteiger partial charge in [-0.2, -0.15) is 5.10 Å². The average molecular weight is 480 g/mol. The van der Waals surface area contributed by atoms with E-state index in [2.05, 4.69) is 26.5 Å². The summed E-state index contributed by atoms with van der Waals surface area (Å²) in [5, 5.41) is 25.1. The Morgan fingerprint density at radius 3 is 2.26 bits per heavy atom. The molecule has 3 aromatic carbocycles. The molecule has 1 unspecified atom stereocenters. The number of phenolic OH excluding ortho intramolecular Hbond substituents is 1. The maximum absolute atomic E-state index is 12.9. The van der Waals surface area contributed by atoms with Gasteiger partial charge < -0.3 is 5.11 Å². The van der Waals surface area contributed by atoms with Crippen LogP contribution in [0.25, 0.3) is 0 Å². The van der Waals surface area contributed by atoms with Gasteiger partial charge in [-0.3, -0.25) is 14.9 Å². The SMILES string of the molecule is O=C(NN=Cc1cc([N+](=O)[O-])cc(Br)c1O)C1CC1(c1ccccc1)c1ccccc1. The van der Waals surface area contributed by atoms with Crippen molar-refractivity contribution in [2.24, 2.45) is 11.0 Å². The molecule has 0 spiro atoms. The van der Waals surface area contributed by atoms with Crippen LogP contribution < -0.4 is 5.43 Å². The van der Waals surface area contributed by atoms with E-state index in [0.29, 0.717) is 6.42 Å². The predicted octanol–water partition coefficient (Wildman–Crippen LogP) is 4.52. The van der Waals surface area contributed by atoms with Crippen LogP contribution in [-0.4, -0.2) is 22.2 Å². The van der Waals surface area contributed by atoms with Gasteiger partial charge in [0.25, 0.3) is 5.69 Å². The molecule has 31 heavy (non-hydrogen) atoms. The van der Waals surface area contributed by atoms with E-state index < -0.39 is 10.3 Å². The normalized spacial score (nSPS) is 16.7. The summed E-state index contributed by atoms with van der Waals surface area (Å²) in [6, 6.07) is 22.1. The van der Waals surface area contributed by atoms with Crippen LogP contribution in [0.4, 0.5) is 5.69 Å². The van der Waals surface area contributed by atoms with E-state index in [0.717, 1.165) is 11.1 Å². The lowest BCUT2D eigenvalue weighted by atomic mass is 9.85. The van der Waals surface area contributed by atoms with Crippen molar-refractivity contribution in [1.29, 1.82) is 0 Å². The van der Waals surface area contributed by atoms with Gasteiger partial charge in [0.1, 0.15) is 5.75 Å². The molecule has 4 rings (SSSR count). The van der Waals surface area contributed by atoms with Crippen LogP contribution in [0.2, 0.25) is 0 Å². The molecule has 0 aliphatic heterocycles. The number of nitro benzene ring substituents is 1. The molecule has 0 bridgehead atoms. The lowest BCUT2D eigenvalue weighted by molar-refractivity contribution is -0.385. The molecule has 1 fully saturated rings. The molecular weight excluding hydrogens is 462 g/mol. The second-order valence-corrected chi connectivity index (χ2v) is 8.17. The van der Waals surface area contributed by atoms with Crippen molar-refractivity contribution in [2.75, 3.05) is 0 Å². The summed E-state index contributed by atoms with van der Waals surface area (Å²) < 4.78 is 0.170. The molecular formula is C23H18BrN3O4. The van der Waals surface area contributed by atoms with E-state index in [1.807, 2.05) is 60.7 Å². The number of hydrazone groups is 1. The Morgan fingerprint density at radius 1 is 1.13 bits per heavy atom. The highest BCUT2D eigenvalue weighted by Crippen LogP contribution is 2.58. The number of carbonyl (C=O) groups excluding carboxylic acids is 1. The van der Waals surface area contributed by atoms with Crippen LogP contribution in [0.3, 0.4) is 0 Å². The van der Waals surface area contributed by atoms with E-state index in [4.69, 9.17) is 0 Å². The summed E-state index contributed by atoms with van der Waals surface area (Å²) in [5.41, 5.74) is 4.14. The van der Waals surface area contributed by atoms with Crippen molar-refractivity contribution in [3.05, 3.63) is 104 Å². The number of carbonyl (C=O) groups is 1. The Bertz CT molecular complexity index is 1130. The molecule has 1 amide bonds. The first-order valence-electron chi connectivity index (χ1n) is 9.54. The standard InChI is InChI=1S/C23H18BrN3O4/c24-20-12-18(27(30)31)11-15(21(20)28)14-25-26-22(29)19-13-23(19,16-7-3-1-4-8-16)17-9-5-2-6-10-17/h1-12,14,19,28H,13H2,(H,26,29). The molecule has 156 valence electrons. The first kappa shape index (κ1) is 20.7. The van der Waals surface area contributed by atoms with E-state index >= 15 is 0 Å². The Labute approximate surface area is 186 Å². The van der Waals surface area contributed by atoms with Crippen LogP contribution in [0, 0.1) is 16.0 Å². The summed E-state index contributed by atoms with van der Waals surface area (Å²) in [4.78, 5) is 23.3. The zero-order valence-electron chi connectivity index (χ0n) is 16.2. The number of aromatic hydroxyl groups is 1. The molecule has 0 saturated heterocycles. The van der Waals surface area contributed by atoms with E-state index in [9.17, 15) is 20.0 Å². The van der Waals surface area contributed by atoms with Gasteiger partial charge in [-0.05, 0) is 33.5 Å². The third-order valence-corrected chi connectivity index (χ3v) is 6.13. The van der Waals surface area contributed by atoms with Gasteiger partial charge in [-0.25, -0.2) is 5.43 Å². The number of amides is 1. The fourth-order valence-electron chi connectivity index (χ4n) is 3.91. The molecule has 8 heteroatoms. The smallest absolute Gasteiger partial charge is 0.271 e. The van der Waals surface area contributed by atoms with Crippen LogP contribution in [0.15, 0.2) is 82.4 Å². The number of nitrogens with zero attached hydrogens (tertiary/aromatic N) is 2. The second kappa shape index (κ2) is 8.31. The van der Waals surface area contributed by atoms with Crippen LogP contribution in [-0.2, 0) is 10.2 Å². The van der Waals surface area contributed by atoms with Gasteiger partial charge in [0.05, 0.1) is 21.5 Å². The van der Waals surface area contributed by atoms with Gasteiger partial charge in [0, 0.05) is 23.1 Å². The number of non-ortho nitro benzene ring substituents is 1. The molecule has 1 saturated carbocycles. The number of nitro groups is 1. The summed E-state index contributed by atoms with van der Waals surface area (Å²) in [6.07, 6.45) is 1.84. The Balaban J connectivity index is 1.55. The molecule has 0 heterocycles. The van der Waals surface area contributed by atoms with Crippen LogP contribution >= 0.6 is 15.9 Å². The largest absolute Gasteiger partial charge is 0.506 e. The lowest BCUT2D eigenvalue weighted by Crippen LogP contribution is -2.25. The molecule has 7 nitrogen and oxygen atoms in total. The number of hydrogen-bond donors (Lipinski definition) is 2.